The molecule has 1 saturated carbocycles. The zero-order chi connectivity index (χ0) is 11.3. The average Bonchev–Trinajstić information content (AvgIpc) is 2.88. The lowest BCUT2D eigenvalue weighted by molar-refractivity contribution is 0.0774. The lowest BCUT2D eigenvalue weighted by Crippen LogP contribution is -2.30. The molecule has 2 nitrogen and oxygen atoms in total. The first-order valence-corrected chi connectivity index (χ1v) is 6.50. The van der Waals surface area contributed by atoms with Crippen molar-refractivity contribution in [1.29, 1.82) is 0 Å². The summed E-state index contributed by atoms with van der Waals surface area (Å²) in [7, 11) is 0. The number of rotatable bonds is 1. The molecule has 2 aliphatic rings. The lowest BCUT2D eigenvalue weighted by atomic mass is 10.1. The molecule has 1 aromatic carbocycles. The maximum atomic E-state index is 12.3. The van der Waals surface area contributed by atoms with Crippen LogP contribution >= 0.6 is 15.9 Å². The minimum absolute atomic E-state index is 0.183. The Morgan fingerprint density at radius 3 is 2.75 bits per heavy atom. The van der Waals surface area contributed by atoms with E-state index in [1.54, 1.807) is 0 Å². The number of aryl methyl sites for hydroxylation is 1. The monoisotopic (exact) mass is 279 g/mol. The van der Waals surface area contributed by atoms with Crippen LogP contribution in [0.3, 0.4) is 0 Å². The van der Waals surface area contributed by atoms with Gasteiger partial charge in [0.05, 0.1) is 5.56 Å². The molecule has 1 aliphatic heterocycles. The number of piperidine rings is 1. The fourth-order valence-corrected chi connectivity index (χ4v) is 2.95. The second-order valence-electron chi connectivity index (χ2n) is 4.95. The van der Waals surface area contributed by atoms with E-state index in [0.29, 0.717) is 0 Å². The molecule has 0 N–H and O–H groups in total. The second kappa shape index (κ2) is 3.59. The van der Waals surface area contributed by atoms with Crippen LogP contribution in [-0.2, 0) is 0 Å². The highest BCUT2D eigenvalue weighted by atomic mass is 79.9. The third-order valence-corrected chi connectivity index (χ3v) is 4.31. The molecule has 1 amide bonds. The summed E-state index contributed by atoms with van der Waals surface area (Å²) in [5, 5.41) is 0. The van der Waals surface area contributed by atoms with Gasteiger partial charge in [-0.15, -0.1) is 0 Å². The van der Waals surface area contributed by atoms with Gasteiger partial charge in [0.15, 0.2) is 0 Å². The number of benzene rings is 1. The van der Waals surface area contributed by atoms with Crippen molar-refractivity contribution in [3.63, 3.8) is 0 Å². The first-order valence-electron chi connectivity index (χ1n) is 5.70. The topological polar surface area (TPSA) is 20.3 Å². The van der Waals surface area contributed by atoms with Crippen LogP contribution in [0.25, 0.3) is 0 Å². The Hall–Kier alpha value is -0.830. The molecule has 1 aromatic rings. The molecule has 16 heavy (non-hydrogen) atoms. The zero-order valence-corrected chi connectivity index (χ0v) is 10.8. The van der Waals surface area contributed by atoms with Crippen LogP contribution in [0.4, 0.5) is 0 Å². The molecule has 0 bridgehead atoms. The number of nitrogens with zero attached hydrogens (tertiary/aromatic N) is 1. The van der Waals surface area contributed by atoms with E-state index >= 15 is 0 Å². The summed E-state index contributed by atoms with van der Waals surface area (Å²) in [5.41, 5.74) is 1.94. The summed E-state index contributed by atoms with van der Waals surface area (Å²) in [6.07, 6.45) is 1.33. The van der Waals surface area contributed by atoms with Crippen molar-refractivity contribution in [3.05, 3.63) is 33.8 Å². The maximum absolute atomic E-state index is 12.3. The fourth-order valence-electron chi connectivity index (χ4n) is 2.54. The van der Waals surface area contributed by atoms with E-state index in [9.17, 15) is 4.79 Å². The molecular formula is C13H14BrNO. The molecule has 2 fully saturated rings. The Bertz CT molecular complexity index is 447. The predicted molar refractivity (Wildman–Crippen MR) is 66.4 cm³/mol. The van der Waals surface area contributed by atoms with Crippen molar-refractivity contribution in [2.24, 2.45) is 11.8 Å². The van der Waals surface area contributed by atoms with Crippen molar-refractivity contribution in [1.82, 2.24) is 4.90 Å². The van der Waals surface area contributed by atoms with Gasteiger partial charge in [0, 0.05) is 17.6 Å². The van der Waals surface area contributed by atoms with Gasteiger partial charge in [-0.25, -0.2) is 0 Å². The van der Waals surface area contributed by atoms with Crippen molar-refractivity contribution >= 4 is 21.8 Å². The summed E-state index contributed by atoms with van der Waals surface area (Å²) in [4.78, 5) is 14.3. The van der Waals surface area contributed by atoms with Crippen LogP contribution in [-0.4, -0.2) is 23.9 Å². The number of hydrogen-bond acceptors (Lipinski definition) is 1. The molecule has 1 aliphatic carbocycles. The highest BCUT2D eigenvalue weighted by Gasteiger charge is 2.46. The third kappa shape index (κ3) is 1.67. The quantitative estimate of drug-likeness (QED) is 0.774. The minimum Gasteiger partial charge on any atom is -0.338 e. The van der Waals surface area contributed by atoms with Crippen LogP contribution in [0, 0.1) is 18.8 Å². The van der Waals surface area contributed by atoms with Crippen molar-refractivity contribution in [2.45, 2.75) is 13.3 Å². The highest BCUT2D eigenvalue weighted by Crippen LogP contribution is 2.45. The Labute approximate surface area is 104 Å². The van der Waals surface area contributed by atoms with Crippen molar-refractivity contribution in [3.8, 4) is 0 Å². The number of fused-ring (bicyclic) bond motifs is 1. The van der Waals surface area contributed by atoms with Crippen LogP contribution in [0.2, 0.25) is 0 Å². The van der Waals surface area contributed by atoms with Gasteiger partial charge in [-0.3, -0.25) is 4.79 Å². The second-order valence-corrected chi connectivity index (χ2v) is 5.80. The molecular weight excluding hydrogens is 266 g/mol. The summed E-state index contributed by atoms with van der Waals surface area (Å²) >= 11 is 3.46. The van der Waals surface area contributed by atoms with Crippen molar-refractivity contribution < 1.29 is 4.79 Å². The van der Waals surface area contributed by atoms with E-state index in [1.165, 1.54) is 6.42 Å². The van der Waals surface area contributed by atoms with E-state index in [0.717, 1.165) is 40.5 Å². The summed E-state index contributed by atoms with van der Waals surface area (Å²) in [5.74, 6) is 1.78. The molecule has 84 valence electrons. The Morgan fingerprint density at radius 1 is 1.38 bits per heavy atom. The normalized spacial score (nSPS) is 26.8. The van der Waals surface area contributed by atoms with Gasteiger partial charge < -0.3 is 4.90 Å². The zero-order valence-electron chi connectivity index (χ0n) is 9.24. The largest absolute Gasteiger partial charge is 0.338 e. The van der Waals surface area contributed by atoms with Crippen molar-refractivity contribution in [2.75, 3.05) is 13.1 Å². The van der Waals surface area contributed by atoms with Crippen LogP contribution in [0.1, 0.15) is 22.3 Å². The number of likely N-dealkylation sites (tertiary alicyclic amines) is 1. The highest BCUT2D eigenvalue weighted by molar-refractivity contribution is 9.10. The molecule has 1 heterocycles. The first-order chi connectivity index (χ1) is 7.65. The molecule has 0 radical (unpaired) electrons. The van der Waals surface area contributed by atoms with Gasteiger partial charge >= 0.3 is 0 Å². The van der Waals surface area contributed by atoms with Gasteiger partial charge in [0.1, 0.15) is 0 Å². The molecule has 0 spiro atoms. The van der Waals surface area contributed by atoms with Gasteiger partial charge in [0.25, 0.3) is 5.91 Å². The minimum atomic E-state index is 0.183. The van der Waals surface area contributed by atoms with E-state index < -0.39 is 0 Å². The van der Waals surface area contributed by atoms with E-state index in [2.05, 4.69) is 15.9 Å². The first kappa shape index (κ1) is 10.3. The molecule has 0 aromatic heterocycles. The molecule has 1 saturated heterocycles. The number of carbonyl (C=O) groups is 1. The third-order valence-electron chi connectivity index (χ3n) is 3.62. The van der Waals surface area contributed by atoms with E-state index in [-0.39, 0.29) is 5.91 Å². The predicted octanol–water partition coefficient (Wildman–Crippen LogP) is 2.85. The lowest BCUT2D eigenvalue weighted by Gasteiger charge is -2.18. The van der Waals surface area contributed by atoms with Crippen LogP contribution in [0.5, 0.6) is 0 Å². The standard InChI is InChI=1S/C13H14BrNO/c1-8-2-3-12(14)11(4-8)13(16)15-6-9-5-10(9)7-15/h2-4,9-10H,5-7H2,1H3. The van der Waals surface area contributed by atoms with Gasteiger partial charge in [-0.2, -0.15) is 0 Å². The SMILES string of the molecule is Cc1ccc(Br)c(C(=O)N2CC3CC3C2)c1. The average molecular weight is 280 g/mol. The Kier molecular flexibility index (Phi) is 2.32. The number of hydrogen-bond donors (Lipinski definition) is 0. The number of carbonyl (C=O) groups excluding carboxylic acids is 1. The number of halogens is 1. The Balaban J connectivity index is 1.85. The van der Waals surface area contributed by atoms with Gasteiger partial charge in [-0.05, 0) is 53.2 Å². The number of amides is 1. The molecule has 2 atom stereocenters. The molecule has 3 rings (SSSR count). The maximum Gasteiger partial charge on any atom is 0.255 e. The molecule has 2 unspecified atom stereocenters. The molecule has 3 heteroatoms. The smallest absolute Gasteiger partial charge is 0.255 e. The van der Waals surface area contributed by atoms with E-state index in [1.807, 2.05) is 30.0 Å². The summed E-state index contributed by atoms with van der Waals surface area (Å²) in [6.45, 7) is 3.94. The fraction of sp³-hybridized carbons (Fsp3) is 0.462. The van der Waals surface area contributed by atoms with Gasteiger partial charge in [0.2, 0.25) is 0 Å². The van der Waals surface area contributed by atoms with Gasteiger partial charge in [-0.1, -0.05) is 11.6 Å². The van der Waals surface area contributed by atoms with Crippen LogP contribution < -0.4 is 0 Å². The summed E-state index contributed by atoms with van der Waals surface area (Å²) in [6, 6.07) is 5.94. The summed E-state index contributed by atoms with van der Waals surface area (Å²) < 4.78 is 0.906. The van der Waals surface area contributed by atoms with E-state index in [4.69, 9.17) is 0 Å². The Morgan fingerprint density at radius 2 is 2.06 bits per heavy atom. The van der Waals surface area contributed by atoms with Crippen LogP contribution in [0.15, 0.2) is 22.7 Å².